The van der Waals surface area contributed by atoms with Gasteiger partial charge in [-0.1, -0.05) is 12.1 Å². The van der Waals surface area contributed by atoms with Crippen LogP contribution in [-0.2, 0) is 12.4 Å². The highest BCUT2D eigenvalue weighted by Crippen LogP contribution is 2.39. The van der Waals surface area contributed by atoms with Crippen molar-refractivity contribution in [2.75, 3.05) is 0 Å². The van der Waals surface area contributed by atoms with Crippen LogP contribution in [0, 0.1) is 0 Å². The van der Waals surface area contributed by atoms with Crippen LogP contribution in [0.4, 0.5) is 39.5 Å². The predicted octanol–water partition coefficient (Wildman–Crippen LogP) is 6.09. The Morgan fingerprint density at radius 1 is 0.750 bits per heavy atom. The van der Waals surface area contributed by atoms with Gasteiger partial charge in [-0.25, -0.2) is 0 Å². The average Bonchev–Trinajstić information content (AvgIpc) is 2.51. The van der Waals surface area contributed by atoms with Crippen LogP contribution in [-0.4, -0.2) is 6.36 Å². The summed E-state index contributed by atoms with van der Waals surface area (Å²) < 4.78 is 118. The number of alkyl halides is 9. The van der Waals surface area contributed by atoms with E-state index in [9.17, 15) is 39.5 Å². The van der Waals surface area contributed by atoms with Crippen molar-refractivity contribution in [2.45, 2.75) is 24.8 Å². The summed E-state index contributed by atoms with van der Waals surface area (Å²) in [6.45, 7) is 0. The smallest absolute Gasteiger partial charge is 0.406 e. The van der Waals surface area contributed by atoms with Crippen molar-refractivity contribution < 1.29 is 44.3 Å². The second kappa shape index (κ2) is 8.08. The van der Waals surface area contributed by atoms with Crippen LogP contribution >= 0.6 is 12.4 Å². The Labute approximate surface area is 158 Å². The lowest BCUT2D eigenvalue weighted by Gasteiger charge is -2.21. The van der Waals surface area contributed by atoms with Crippen LogP contribution in [0.25, 0.3) is 0 Å². The Morgan fingerprint density at radius 2 is 1.29 bits per heavy atom. The van der Waals surface area contributed by atoms with Gasteiger partial charge in [-0.15, -0.1) is 25.6 Å². The molecule has 28 heavy (non-hydrogen) atoms. The van der Waals surface area contributed by atoms with E-state index in [1.165, 1.54) is 0 Å². The molecular formula is C16H11ClF9NO. The summed E-state index contributed by atoms with van der Waals surface area (Å²) >= 11 is 0. The molecule has 2 N–H and O–H groups in total. The molecule has 0 aliphatic heterocycles. The highest BCUT2D eigenvalue weighted by Gasteiger charge is 2.38. The van der Waals surface area contributed by atoms with Gasteiger partial charge in [0.15, 0.2) is 0 Å². The molecule has 0 unspecified atom stereocenters. The molecule has 0 heterocycles. The van der Waals surface area contributed by atoms with Gasteiger partial charge < -0.3 is 10.5 Å². The van der Waals surface area contributed by atoms with Crippen molar-refractivity contribution >= 4 is 12.4 Å². The maximum Gasteiger partial charge on any atom is 0.573 e. The van der Waals surface area contributed by atoms with Gasteiger partial charge in [-0.3, -0.25) is 0 Å². The van der Waals surface area contributed by atoms with Gasteiger partial charge >= 0.3 is 18.7 Å². The Kier molecular flexibility index (Phi) is 6.89. The second-order valence-corrected chi connectivity index (χ2v) is 5.39. The van der Waals surface area contributed by atoms with E-state index in [0.29, 0.717) is 0 Å². The number of nitrogens with two attached hydrogens (primary N) is 1. The molecule has 2 aromatic carbocycles. The Hall–Kier alpha value is -2.14. The molecule has 0 aliphatic carbocycles. The van der Waals surface area contributed by atoms with Crippen molar-refractivity contribution in [3.05, 3.63) is 64.7 Å². The second-order valence-electron chi connectivity index (χ2n) is 5.39. The summed E-state index contributed by atoms with van der Waals surface area (Å²) in [6, 6.07) is 2.61. The van der Waals surface area contributed by atoms with Gasteiger partial charge in [-0.05, 0) is 41.5 Å². The van der Waals surface area contributed by atoms with Crippen LogP contribution in [0.3, 0.4) is 0 Å². The molecule has 0 radical (unpaired) electrons. The number of ether oxygens (including phenoxy) is 1. The maximum atomic E-state index is 13.1. The monoisotopic (exact) mass is 439 g/mol. The quantitative estimate of drug-likeness (QED) is 0.587. The molecule has 0 fully saturated rings. The summed E-state index contributed by atoms with van der Waals surface area (Å²) in [6.07, 6.45) is -14.9. The van der Waals surface area contributed by atoms with E-state index >= 15 is 0 Å². The normalized spacial score (nSPS) is 13.6. The first kappa shape index (κ1) is 23.9. The zero-order chi connectivity index (χ0) is 20.6. The van der Waals surface area contributed by atoms with E-state index in [1.807, 2.05) is 0 Å². The number of hydrogen-bond acceptors (Lipinski definition) is 2. The molecule has 2 aromatic rings. The minimum absolute atomic E-state index is 0. The molecule has 1 atom stereocenters. The molecule has 0 aromatic heterocycles. The van der Waals surface area contributed by atoms with Crippen molar-refractivity contribution in [3.8, 4) is 5.75 Å². The lowest BCUT2D eigenvalue weighted by molar-refractivity contribution is -0.274. The van der Waals surface area contributed by atoms with Crippen LogP contribution in [0.2, 0.25) is 0 Å². The summed E-state index contributed by atoms with van der Waals surface area (Å²) in [5.41, 5.74) is 1.97. The van der Waals surface area contributed by atoms with E-state index < -0.39 is 47.2 Å². The first-order chi connectivity index (χ1) is 12.2. The highest BCUT2D eigenvalue weighted by atomic mass is 35.5. The van der Waals surface area contributed by atoms with Gasteiger partial charge in [-0.2, -0.15) is 26.3 Å². The Balaban J connectivity index is 0.00000392. The molecule has 0 saturated heterocycles. The fraction of sp³-hybridized carbons (Fsp3) is 0.250. The largest absolute Gasteiger partial charge is 0.573 e. The van der Waals surface area contributed by atoms with Crippen molar-refractivity contribution in [1.29, 1.82) is 0 Å². The number of hydrogen-bond donors (Lipinski definition) is 1. The molecule has 2 nitrogen and oxygen atoms in total. The van der Waals surface area contributed by atoms with Crippen LogP contribution in [0.5, 0.6) is 5.75 Å². The summed E-state index contributed by atoms with van der Waals surface area (Å²) in [4.78, 5) is 0. The van der Waals surface area contributed by atoms with Crippen molar-refractivity contribution in [2.24, 2.45) is 5.73 Å². The Bertz CT molecular complexity index is 798. The SMILES string of the molecule is Cl.N[C@H](c1ccc(OC(F)(F)F)cc1)c1cc(C(F)(F)F)ccc1C(F)(F)F. The maximum absolute atomic E-state index is 13.1. The van der Waals surface area contributed by atoms with Crippen LogP contribution in [0.1, 0.15) is 28.3 Å². The molecule has 156 valence electrons. The van der Waals surface area contributed by atoms with Crippen molar-refractivity contribution in [3.63, 3.8) is 0 Å². The molecule has 0 spiro atoms. The highest BCUT2D eigenvalue weighted by molar-refractivity contribution is 5.85. The lowest BCUT2D eigenvalue weighted by Crippen LogP contribution is -2.20. The van der Waals surface area contributed by atoms with Gasteiger partial charge in [0.2, 0.25) is 0 Å². The minimum Gasteiger partial charge on any atom is -0.406 e. The van der Waals surface area contributed by atoms with Gasteiger partial charge in [0, 0.05) is 0 Å². The Morgan fingerprint density at radius 3 is 1.71 bits per heavy atom. The summed E-state index contributed by atoms with van der Waals surface area (Å²) in [5, 5.41) is 0. The zero-order valence-corrected chi connectivity index (χ0v) is 14.2. The van der Waals surface area contributed by atoms with E-state index in [-0.39, 0.29) is 36.2 Å². The number of benzene rings is 2. The minimum atomic E-state index is -4.98. The van der Waals surface area contributed by atoms with E-state index in [4.69, 9.17) is 5.73 Å². The number of rotatable bonds is 3. The zero-order valence-electron chi connectivity index (χ0n) is 13.4. The fourth-order valence-corrected chi connectivity index (χ4v) is 2.31. The molecule has 0 amide bonds. The molecule has 12 heteroatoms. The fourth-order valence-electron chi connectivity index (χ4n) is 2.31. The third-order valence-electron chi connectivity index (χ3n) is 3.49. The van der Waals surface area contributed by atoms with E-state index in [2.05, 4.69) is 4.74 Å². The summed E-state index contributed by atoms with van der Waals surface area (Å²) in [5.74, 6) is -0.654. The molecule has 2 rings (SSSR count). The third-order valence-corrected chi connectivity index (χ3v) is 3.49. The van der Waals surface area contributed by atoms with E-state index in [1.54, 1.807) is 0 Å². The first-order valence-electron chi connectivity index (χ1n) is 7.08. The van der Waals surface area contributed by atoms with Gasteiger partial charge in [0.25, 0.3) is 0 Å². The average molecular weight is 440 g/mol. The van der Waals surface area contributed by atoms with Gasteiger partial charge in [0.1, 0.15) is 5.75 Å². The number of halogens is 10. The van der Waals surface area contributed by atoms with Gasteiger partial charge in [0.05, 0.1) is 17.2 Å². The van der Waals surface area contributed by atoms with Crippen LogP contribution in [0.15, 0.2) is 42.5 Å². The topological polar surface area (TPSA) is 35.2 Å². The predicted molar refractivity (Wildman–Crippen MR) is 82.8 cm³/mol. The first-order valence-corrected chi connectivity index (χ1v) is 7.08. The van der Waals surface area contributed by atoms with Crippen molar-refractivity contribution in [1.82, 2.24) is 0 Å². The summed E-state index contributed by atoms with van der Waals surface area (Å²) in [7, 11) is 0. The van der Waals surface area contributed by atoms with E-state index in [0.717, 1.165) is 24.3 Å². The molecular weight excluding hydrogens is 429 g/mol. The molecule has 0 bridgehead atoms. The lowest BCUT2D eigenvalue weighted by atomic mass is 9.93. The van der Waals surface area contributed by atoms with Crippen LogP contribution < -0.4 is 10.5 Å². The third kappa shape index (κ3) is 5.93. The molecule has 0 aliphatic rings. The molecule has 0 saturated carbocycles. The standard InChI is InChI=1S/C16H10F9NO.ClH/c17-14(18,19)9-3-6-12(15(20,21)22)11(7-9)13(26)8-1-4-10(5-2-8)27-16(23,24)25;/h1-7,13H,26H2;1H/t13-;/m1./s1.